The summed E-state index contributed by atoms with van der Waals surface area (Å²) >= 11 is 0. The lowest BCUT2D eigenvalue weighted by atomic mass is 10.0. The summed E-state index contributed by atoms with van der Waals surface area (Å²) < 4.78 is 2.11. The molecule has 43 heavy (non-hydrogen) atoms. The van der Waals surface area contributed by atoms with Gasteiger partial charge >= 0.3 is 0 Å². The zero-order valence-electron chi connectivity index (χ0n) is 29.4. The minimum atomic E-state index is -1.13. The van der Waals surface area contributed by atoms with E-state index in [-0.39, 0.29) is 12.2 Å². The van der Waals surface area contributed by atoms with Crippen LogP contribution in [0.1, 0.15) is 120 Å². The van der Waals surface area contributed by atoms with E-state index in [4.69, 9.17) is 5.11 Å². The Morgan fingerprint density at radius 1 is 0.558 bits per heavy atom. The molecular formula is C38H68N2O3. The second-order valence-corrected chi connectivity index (χ2v) is 13.5. The first kappa shape index (κ1) is 42.9. The molecule has 5 nitrogen and oxygen atoms in total. The molecule has 0 aliphatic rings. The van der Waals surface area contributed by atoms with Crippen molar-refractivity contribution in [1.29, 1.82) is 0 Å². The molecule has 0 saturated carbocycles. The number of unbranched alkanes of at least 4 members (excludes halogenated alkanes) is 13. The van der Waals surface area contributed by atoms with E-state index in [0.29, 0.717) is 0 Å². The lowest BCUT2D eigenvalue weighted by Crippen LogP contribution is -2.35. The van der Waals surface area contributed by atoms with Gasteiger partial charge in [-0.15, -0.1) is 6.61 Å². The van der Waals surface area contributed by atoms with E-state index in [2.05, 4.69) is 79.5 Å². The molecule has 0 amide bonds. The highest BCUT2D eigenvalue weighted by Gasteiger charge is 2.07. The molecule has 0 saturated heterocycles. The smallest absolute Gasteiger partial charge is 0.104 e. The number of hydrogen-bond acceptors (Lipinski definition) is 3. The first-order valence-electron chi connectivity index (χ1n) is 16.9. The van der Waals surface area contributed by atoms with Crippen LogP contribution in [0.15, 0.2) is 60.7 Å². The molecule has 0 heterocycles. The molecule has 0 radical (unpaired) electrons. The van der Waals surface area contributed by atoms with Crippen molar-refractivity contribution < 1.29 is 24.0 Å². The number of rotatable bonds is 18. The summed E-state index contributed by atoms with van der Waals surface area (Å²) in [6.45, 7) is 6.29. The molecule has 0 bridgehead atoms. The van der Waals surface area contributed by atoms with Crippen LogP contribution in [-0.2, 0) is 6.54 Å². The van der Waals surface area contributed by atoms with Crippen molar-refractivity contribution >= 4 is 5.97 Å². The maximum absolute atomic E-state index is 10.1. The Balaban J connectivity index is 0. The molecular weight excluding hydrogens is 532 g/mol. The third-order valence-electron chi connectivity index (χ3n) is 6.69. The summed E-state index contributed by atoms with van der Waals surface area (Å²) in [4.78, 5) is 10.1. The lowest BCUT2D eigenvalue weighted by molar-refractivity contribution is -0.884. The Morgan fingerprint density at radius 2 is 0.907 bits per heavy atom. The second kappa shape index (κ2) is 28.6. The van der Waals surface area contributed by atoms with Gasteiger partial charge in [-0.1, -0.05) is 152 Å². The first-order valence-corrected chi connectivity index (χ1v) is 16.9. The summed E-state index contributed by atoms with van der Waals surface area (Å²) in [5.74, 6) is -1.13. The number of carbonyl (C=O) groups is 1. The zero-order valence-corrected chi connectivity index (χ0v) is 29.4. The number of quaternary nitrogens is 2. The van der Waals surface area contributed by atoms with Gasteiger partial charge in [0.15, 0.2) is 0 Å². The predicted molar refractivity (Wildman–Crippen MR) is 183 cm³/mol. The van der Waals surface area contributed by atoms with E-state index in [0.717, 1.165) is 15.5 Å². The molecule has 0 aliphatic carbocycles. The molecule has 0 N–H and O–H groups in total. The standard InChI is InChI=1S/C19H42N.C10H16N.C7H6O2.C2H5O/c1-5-6-7-8-9-10-11-12-13-14-15-16-17-18-19-20(2,3)4;1-11(2,3)9-10-7-5-4-6-8-10;8-7(9)6-4-2-1-3-5-6;1-2-3/h5-19H2,1-4H3;4-8H,9H2,1-3H3;1-5H,(H,8,9);2H2,1H3/q2*+1;;-1/p-1. The van der Waals surface area contributed by atoms with Gasteiger partial charge in [0, 0.05) is 5.56 Å². The number of aromatic carboxylic acids is 1. The van der Waals surface area contributed by atoms with Crippen LogP contribution in [0.2, 0.25) is 0 Å². The first-order chi connectivity index (χ1) is 20.4. The normalized spacial score (nSPS) is 10.8. The molecule has 0 atom stereocenters. The van der Waals surface area contributed by atoms with Gasteiger partial charge in [-0.05, 0) is 18.4 Å². The Morgan fingerprint density at radius 3 is 1.21 bits per heavy atom. The number of hydrogen-bond donors (Lipinski definition) is 0. The second-order valence-electron chi connectivity index (χ2n) is 13.5. The van der Waals surface area contributed by atoms with Crippen molar-refractivity contribution in [3.05, 3.63) is 71.8 Å². The topological polar surface area (TPSA) is 63.2 Å². The molecule has 0 unspecified atom stereocenters. The van der Waals surface area contributed by atoms with Crippen LogP contribution in [0.3, 0.4) is 0 Å². The van der Waals surface area contributed by atoms with Crippen LogP contribution in [0, 0.1) is 0 Å². The summed E-state index contributed by atoms with van der Waals surface area (Å²) in [5.41, 5.74) is 1.62. The van der Waals surface area contributed by atoms with Gasteiger partial charge < -0.3 is 24.0 Å². The van der Waals surface area contributed by atoms with E-state index in [9.17, 15) is 9.90 Å². The van der Waals surface area contributed by atoms with Gasteiger partial charge in [0.25, 0.3) is 0 Å². The van der Waals surface area contributed by atoms with Crippen LogP contribution in [-0.4, -0.2) is 70.4 Å². The highest BCUT2D eigenvalue weighted by molar-refractivity contribution is 5.85. The summed E-state index contributed by atoms with van der Waals surface area (Å²) in [7, 11) is 13.5. The fourth-order valence-corrected chi connectivity index (χ4v) is 4.49. The molecule has 0 spiro atoms. The van der Waals surface area contributed by atoms with E-state index in [1.165, 1.54) is 114 Å². The molecule has 2 rings (SSSR count). The molecule has 2 aromatic carbocycles. The van der Waals surface area contributed by atoms with Crippen molar-refractivity contribution in [2.24, 2.45) is 0 Å². The number of benzene rings is 2. The van der Waals surface area contributed by atoms with Crippen molar-refractivity contribution in [2.75, 3.05) is 55.4 Å². The van der Waals surface area contributed by atoms with Crippen LogP contribution in [0.25, 0.3) is 0 Å². The molecule has 2 aromatic rings. The molecule has 0 fully saturated rings. The van der Waals surface area contributed by atoms with Crippen LogP contribution < -0.4 is 10.2 Å². The number of nitrogens with zero attached hydrogens (tertiary/aromatic N) is 2. The Kier molecular flexibility index (Phi) is 28.5. The third-order valence-corrected chi connectivity index (χ3v) is 6.69. The number of carboxylic acid groups (broad SMARTS) is 1. The average Bonchev–Trinajstić information content (AvgIpc) is 2.94. The molecule has 0 aromatic heterocycles. The Labute approximate surface area is 267 Å². The van der Waals surface area contributed by atoms with Crippen LogP contribution in [0.5, 0.6) is 0 Å². The van der Waals surface area contributed by atoms with Gasteiger partial charge in [0.05, 0.1) is 54.8 Å². The maximum atomic E-state index is 10.1. The zero-order chi connectivity index (χ0) is 32.8. The minimum Gasteiger partial charge on any atom is -0.855 e. The Bertz CT molecular complexity index is 843. The number of carbonyl (C=O) groups excluding carboxylic acids is 1. The minimum absolute atomic E-state index is 0. The summed E-state index contributed by atoms with van der Waals surface area (Å²) in [6.07, 6.45) is 20.4. The van der Waals surface area contributed by atoms with Crippen molar-refractivity contribution in [1.82, 2.24) is 0 Å². The molecule has 0 aliphatic heterocycles. The Hall–Kier alpha value is -2.21. The average molecular weight is 601 g/mol. The quantitative estimate of drug-likeness (QED) is 0.132. The summed E-state index contributed by atoms with van der Waals surface area (Å²) in [5, 5.41) is 19.0. The largest absolute Gasteiger partial charge is 0.855 e. The SMILES string of the molecule is CCCCCCCCCCCCCCCC[N+](C)(C)C.CC[O-].C[N+](C)(C)Cc1ccccc1.O=C([O-])c1ccccc1. The van der Waals surface area contributed by atoms with Gasteiger partial charge in [-0.25, -0.2) is 0 Å². The van der Waals surface area contributed by atoms with E-state index < -0.39 is 5.97 Å². The van der Waals surface area contributed by atoms with Crippen molar-refractivity contribution in [2.45, 2.75) is 110 Å². The summed E-state index contributed by atoms with van der Waals surface area (Å²) in [6, 6.07) is 18.6. The highest BCUT2D eigenvalue weighted by atomic mass is 16.4. The molecule has 5 heteroatoms. The van der Waals surface area contributed by atoms with Gasteiger partial charge in [0.1, 0.15) is 6.54 Å². The number of carboxylic acids is 1. The van der Waals surface area contributed by atoms with Crippen molar-refractivity contribution in [3.63, 3.8) is 0 Å². The van der Waals surface area contributed by atoms with E-state index >= 15 is 0 Å². The van der Waals surface area contributed by atoms with Gasteiger partial charge in [-0.3, -0.25) is 0 Å². The van der Waals surface area contributed by atoms with Crippen LogP contribution >= 0.6 is 0 Å². The van der Waals surface area contributed by atoms with Crippen LogP contribution in [0.4, 0.5) is 0 Å². The van der Waals surface area contributed by atoms with E-state index in [1.807, 2.05) is 0 Å². The maximum Gasteiger partial charge on any atom is 0.104 e. The van der Waals surface area contributed by atoms with Gasteiger partial charge in [-0.2, -0.15) is 0 Å². The highest BCUT2D eigenvalue weighted by Crippen LogP contribution is 2.13. The fraction of sp³-hybridized carbons (Fsp3) is 0.658. The van der Waals surface area contributed by atoms with Crippen molar-refractivity contribution in [3.8, 4) is 0 Å². The lowest BCUT2D eigenvalue weighted by Gasteiger charge is -2.23. The van der Waals surface area contributed by atoms with E-state index in [1.54, 1.807) is 25.1 Å². The predicted octanol–water partition coefficient (Wildman–Crippen LogP) is 7.48. The third kappa shape index (κ3) is 35.9. The fourth-order valence-electron chi connectivity index (χ4n) is 4.49. The monoisotopic (exact) mass is 601 g/mol. The molecule has 248 valence electrons. The van der Waals surface area contributed by atoms with Gasteiger partial charge in [0.2, 0.25) is 0 Å².